The minimum Gasteiger partial charge on any atom is -0.497 e. The summed E-state index contributed by atoms with van der Waals surface area (Å²) in [7, 11) is 1.55. The molecule has 0 bridgehead atoms. The monoisotopic (exact) mass is 524 g/mol. The maximum atomic E-state index is 12.8. The number of thioether (sulfide) groups is 1. The molecule has 3 aromatic rings. The highest BCUT2D eigenvalue weighted by molar-refractivity contribution is 8.26. The minimum absolute atomic E-state index is 0.187. The predicted molar refractivity (Wildman–Crippen MR) is 138 cm³/mol. The number of hydrogen-bond acceptors (Lipinski definition) is 7. The Morgan fingerprint density at radius 1 is 1.00 bits per heavy atom. The fourth-order valence-electron chi connectivity index (χ4n) is 3.05. The third-order valence-electron chi connectivity index (χ3n) is 4.84. The van der Waals surface area contributed by atoms with Crippen LogP contribution < -0.4 is 14.9 Å². The Bertz CT molecular complexity index is 1340. The van der Waals surface area contributed by atoms with Gasteiger partial charge in [-0.3, -0.25) is 15.0 Å². The minimum atomic E-state index is -0.545. The van der Waals surface area contributed by atoms with Gasteiger partial charge in [0, 0.05) is 0 Å². The molecule has 0 saturated carbocycles. The zero-order valence-electron chi connectivity index (χ0n) is 18.2. The van der Waals surface area contributed by atoms with Crippen molar-refractivity contribution in [1.82, 2.24) is 10.4 Å². The second-order valence-corrected chi connectivity index (χ2v) is 9.21. The summed E-state index contributed by atoms with van der Waals surface area (Å²) in [5.74, 6) is -0.524. The molecule has 0 aromatic heterocycles. The van der Waals surface area contributed by atoms with Crippen molar-refractivity contribution in [2.45, 2.75) is 0 Å². The van der Waals surface area contributed by atoms with Crippen LogP contribution in [-0.2, 0) is 4.79 Å². The maximum Gasteiger partial charge on any atom is 0.343 e. The van der Waals surface area contributed by atoms with Crippen LogP contribution in [0.4, 0.5) is 0 Å². The zero-order chi connectivity index (χ0) is 24.9. The second-order valence-electron chi connectivity index (χ2n) is 7.12. The Labute approximate surface area is 215 Å². The molecule has 1 fully saturated rings. The number of amides is 2. The van der Waals surface area contributed by atoms with Crippen LogP contribution in [0.15, 0.2) is 77.7 Å². The first-order valence-corrected chi connectivity index (χ1v) is 11.8. The first-order valence-electron chi connectivity index (χ1n) is 10.2. The van der Waals surface area contributed by atoms with Crippen LogP contribution in [0.5, 0.6) is 11.5 Å². The number of nitrogens with one attached hydrogen (secondary N) is 1. The highest BCUT2D eigenvalue weighted by Gasteiger charge is 2.34. The first-order chi connectivity index (χ1) is 16.9. The highest BCUT2D eigenvalue weighted by atomic mass is 35.5. The Balaban J connectivity index is 1.41. The molecule has 10 heteroatoms. The Morgan fingerprint density at radius 2 is 1.66 bits per heavy atom. The van der Waals surface area contributed by atoms with Gasteiger partial charge >= 0.3 is 5.97 Å². The SMILES string of the molecule is COc1ccc(C(=O)Oc2ccc(C=C3SC(=S)N(NC(=O)c4ccccc4Cl)C3=O)cc2)cc1. The molecule has 35 heavy (non-hydrogen) atoms. The molecule has 0 atom stereocenters. The van der Waals surface area contributed by atoms with E-state index in [9.17, 15) is 14.4 Å². The van der Waals surface area contributed by atoms with Crippen molar-refractivity contribution in [2.24, 2.45) is 0 Å². The van der Waals surface area contributed by atoms with Gasteiger partial charge in [-0.2, -0.15) is 5.01 Å². The van der Waals surface area contributed by atoms with E-state index in [2.05, 4.69) is 5.43 Å². The lowest BCUT2D eigenvalue weighted by atomic mass is 10.2. The molecule has 1 heterocycles. The van der Waals surface area contributed by atoms with Gasteiger partial charge in [0.1, 0.15) is 11.5 Å². The average molecular weight is 525 g/mol. The number of thiocarbonyl (C=S) groups is 1. The largest absolute Gasteiger partial charge is 0.497 e. The summed E-state index contributed by atoms with van der Waals surface area (Å²) >= 11 is 12.4. The van der Waals surface area contributed by atoms with E-state index in [-0.39, 0.29) is 14.9 Å². The predicted octanol–water partition coefficient (Wildman–Crippen LogP) is 5.11. The number of carbonyl (C=O) groups excluding carboxylic acids is 3. The molecule has 0 radical (unpaired) electrons. The third-order valence-corrected chi connectivity index (χ3v) is 6.47. The lowest BCUT2D eigenvalue weighted by Gasteiger charge is -2.16. The van der Waals surface area contributed by atoms with E-state index in [4.69, 9.17) is 33.3 Å². The smallest absolute Gasteiger partial charge is 0.343 e. The van der Waals surface area contributed by atoms with Gasteiger partial charge in [-0.1, -0.05) is 47.6 Å². The van der Waals surface area contributed by atoms with Crippen molar-refractivity contribution < 1.29 is 23.9 Å². The van der Waals surface area contributed by atoms with Crippen LogP contribution in [0.3, 0.4) is 0 Å². The Hall–Kier alpha value is -3.66. The second kappa shape index (κ2) is 10.7. The normalized spacial score (nSPS) is 14.2. The van der Waals surface area contributed by atoms with Crippen molar-refractivity contribution in [2.75, 3.05) is 7.11 Å². The quantitative estimate of drug-likeness (QED) is 0.207. The summed E-state index contributed by atoms with van der Waals surface area (Å²) in [4.78, 5) is 38.0. The standard InChI is InChI=1S/C25H17ClN2O5S2/c1-32-17-12-8-16(9-13-17)24(31)33-18-10-6-15(7-11-18)14-21-23(30)28(25(34)35-21)27-22(29)19-4-2-3-5-20(19)26/h2-14H,1H3,(H,27,29). The van der Waals surface area contributed by atoms with Gasteiger partial charge in [-0.05, 0) is 72.4 Å². The molecule has 4 rings (SSSR count). The van der Waals surface area contributed by atoms with Gasteiger partial charge in [-0.25, -0.2) is 4.79 Å². The molecule has 0 spiro atoms. The van der Waals surface area contributed by atoms with Crippen LogP contribution in [-0.4, -0.2) is 34.2 Å². The summed E-state index contributed by atoms with van der Waals surface area (Å²) in [5.41, 5.74) is 3.80. The maximum absolute atomic E-state index is 12.8. The number of esters is 1. The summed E-state index contributed by atoms with van der Waals surface area (Å²) in [6, 6.07) is 19.7. The van der Waals surface area contributed by atoms with Gasteiger partial charge in [0.2, 0.25) is 0 Å². The van der Waals surface area contributed by atoms with E-state index in [1.807, 2.05) is 0 Å². The number of methoxy groups -OCH3 is 1. The van der Waals surface area contributed by atoms with E-state index >= 15 is 0 Å². The van der Waals surface area contributed by atoms with Crippen LogP contribution in [0.1, 0.15) is 26.3 Å². The van der Waals surface area contributed by atoms with E-state index in [1.165, 1.54) is 0 Å². The van der Waals surface area contributed by atoms with Crippen molar-refractivity contribution in [3.63, 3.8) is 0 Å². The Kier molecular flexibility index (Phi) is 7.50. The number of hydrogen-bond donors (Lipinski definition) is 1. The first kappa shape index (κ1) is 24.5. The van der Waals surface area contributed by atoms with Crippen LogP contribution in [0, 0.1) is 0 Å². The lowest BCUT2D eigenvalue weighted by Crippen LogP contribution is -2.44. The van der Waals surface area contributed by atoms with E-state index in [1.54, 1.807) is 86.0 Å². The van der Waals surface area contributed by atoms with Gasteiger partial charge in [0.15, 0.2) is 4.32 Å². The van der Waals surface area contributed by atoms with Gasteiger partial charge in [-0.15, -0.1) is 0 Å². The summed E-state index contributed by atoms with van der Waals surface area (Å²) in [6.07, 6.45) is 1.63. The third kappa shape index (κ3) is 5.71. The molecular weight excluding hydrogens is 508 g/mol. The molecule has 1 aliphatic rings. The average Bonchev–Trinajstić information content (AvgIpc) is 3.12. The Morgan fingerprint density at radius 3 is 2.31 bits per heavy atom. The number of ether oxygens (including phenoxy) is 2. The fourth-order valence-corrected chi connectivity index (χ4v) is 4.45. The number of halogens is 1. The molecule has 1 aliphatic heterocycles. The fraction of sp³-hybridized carbons (Fsp3) is 0.0400. The van der Waals surface area contributed by atoms with Crippen LogP contribution in [0.25, 0.3) is 6.08 Å². The van der Waals surface area contributed by atoms with E-state index in [0.717, 1.165) is 16.8 Å². The van der Waals surface area contributed by atoms with Crippen molar-refractivity contribution in [1.29, 1.82) is 0 Å². The molecule has 0 aliphatic carbocycles. The highest BCUT2D eigenvalue weighted by Crippen LogP contribution is 2.32. The lowest BCUT2D eigenvalue weighted by molar-refractivity contribution is -0.123. The molecule has 1 N–H and O–H groups in total. The van der Waals surface area contributed by atoms with Gasteiger partial charge in [0.25, 0.3) is 11.8 Å². The number of rotatable bonds is 6. The molecule has 2 amide bonds. The number of hydrazine groups is 1. The van der Waals surface area contributed by atoms with E-state index < -0.39 is 17.8 Å². The van der Waals surface area contributed by atoms with Gasteiger partial charge < -0.3 is 9.47 Å². The number of nitrogens with zero attached hydrogens (tertiary/aromatic N) is 1. The molecule has 1 saturated heterocycles. The van der Waals surface area contributed by atoms with Crippen LogP contribution >= 0.6 is 35.6 Å². The van der Waals surface area contributed by atoms with Crippen molar-refractivity contribution in [3.8, 4) is 11.5 Å². The summed E-state index contributed by atoms with van der Waals surface area (Å²) < 4.78 is 10.7. The van der Waals surface area contributed by atoms with Crippen molar-refractivity contribution >= 4 is 63.8 Å². The molecular formula is C25H17ClN2O5S2. The summed E-state index contributed by atoms with van der Waals surface area (Å²) in [6.45, 7) is 0. The van der Waals surface area contributed by atoms with Crippen LogP contribution in [0.2, 0.25) is 5.02 Å². The molecule has 0 unspecified atom stereocenters. The van der Waals surface area contributed by atoms with Crippen molar-refractivity contribution in [3.05, 3.63) is 99.4 Å². The summed E-state index contributed by atoms with van der Waals surface area (Å²) in [5, 5.41) is 1.28. The molecule has 3 aromatic carbocycles. The van der Waals surface area contributed by atoms with Gasteiger partial charge in [0.05, 0.1) is 28.2 Å². The topological polar surface area (TPSA) is 84.9 Å². The number of benzene rings is 3. The number of carbonyl (C=O) groups is 3. The molecule has 7 nitrogen and oxygen atoms in total. The zero-order valence-corrected chi connectivity index (χ0v) is 20.6. The molecule has 176 valence electrons. The van der Waals surface area contributed by atoms with E-state index in [0.29, 0.717) is 27.5 Å².